The number of hydrogen-bond acceptors (Lipinski definition) is 3. The van der Waals surface area contributed by atoms with Crippen LogP contribution in [-0.4, -0.2) is 19.8 Å². The zero-order chi connectivity index (χ0) is 14.5. The Morgan fingerprint density at radius 1 is 1.35 bits per heavy atom. The van der Waals surface area contributed by atoms with E-state index in [0.29, 0.717) is 16.7 Å². The average molecular weight is 298 g/mol. The van der Waals surface area contributed by atoms with Crippen LogP contribution in [0.25, 0.3) is 0 Å². The van der Waals surface area contributed by atoms with Crippen molar-refractivity contribution in [3.05, 3.63) is 22.7 Å². The summed E-state index contributed by atoms with van der Waals surface area (Å²) < 4.78 is 11.5. The minimum atomic E-state index is 0.0620. The van der Waals surface area contributed by atoms with Crippen molar-refractivity contribution >= 4 is 11.6 Å². The zero-order valence-corrected chi connectivity index (χ0v) is 13.1. The highest BCUT2D eigenvalue weighted by atomic mass is 35.5. The second-order valence-corrected chi connectivity index (χ2v) is 6.18. The van der Waals surface area contributed by atoms with Crippen LogP contribution < -0.4 is 15.2 Å². The Hall–Kier alpha value is -0.930. The molecule has 1 unspecified atom stereocenters. The van der Waals surface area contributed by atoms with Crippen LogP contribution in [0.15, 0.2) is 12.1 Å². The minimum absolute atomic E-state index is 0.0620. The lowest BCUT2D eigenvalue weighted by molar-refractivity contribution is 0.238. The lowest BCUT2D eigenvalue weighted by Crippen LogP contribution is -2.19. The molecule has 1 aliphatic carbocycles. The summed E-state index contributed by atoms with van der Waals surface area (Å²) in [5.41, 5.74) is 6.94. The van der Waals surface area contributed by atoms with E-state index < -0.39 is 0 Å². The van der Waals surface area contributed by atoms with Crippen molar-refractivity contribution in [3.8, 4) is 11.5 Å². The number of rotatable bonds is 6. The third-order valence-corrected chi connectivity index (χ3v) is 4.01. The molecule has 0 radical (unpaired) electrons. The Morgan fingerprint density at radius 3 is 2.65 bits per heavy atom. The Morgan fingerprint density at radius 2 is 2.05 bits per heavy atom. The predicted molar refractivity (Wildman–Crippen MR) is 82.8 cm³/mol. The molecule has 1 aromatic rings. The van der Waals surface area contributed by atoms with Gasteiger partial charge in [-0.1, -0.05) is 24.4 Å². The number of benzene rings is 1. The summed E-state index contributed by atoms with van der Waals surface area (Å²) >= 11 is 6.14. The molecular weight excluding hydrogens is 274 g/mol. The van der Waals surface area contributed by atoms with Crippen molar-refractivity contribution in [1.29, 1.82) is 0 Å². The quantitative estimate of drug-likeness (QED) is 0.868. The van der Waals surface area contributed by atoms with Gasteiger partial charge in [-0.2, -0.15) is 0 Å². The van der Waals surface area contributed by atoms with Crippen molar-refractivity contribution < 1.29 is 9.47 Å². The summed E-state index contributed by atoms with van der Waals surface area (Å²) in [5, 5.41) is 0.658. The fraction of sp³-hybridized carbons (Fsp3) is 0.625. The summed E-state index contributed by atoms with van der Waals surface area (Å²) in [5.74, 6) is 2.17. The van der Waals surface area contributed by atoms with E-state index in [-0.39, 0.29) is 6.04 Å². The summed E-state index contributed by atoms with van der Waals surface area (Å²) in [6, 6.07) is 3.79. The summed E-state index contributed by atoms with van der Waals surface area (Å²) in [4.78, 5) is 0. The van der Waals surface area contributed by atoms with Crippen LogP contribution in [0.4, 0.5) is 0 Å². The molecule has 1 atom stereocenters. The van der Waals surface area contributed by atoms with Crippen LogP contribution in [-0.2, 0) is 6.42 Å². The van der Waals surface area contributed by atoms with Gasteiger partial charge in [0.1, 0.15) is 0 Å². The lowest BCUT2D eigenvalue weighted by Gasteiger charge is -2.19. The molecule has 0 amide bonds. The molecule has 0 spiro atoms. The van der Waals surface area contributed by atoms with E-state index in [1.54, 1.807) is 13.2 Å². The van der Waals surface area contributed by atoms with E-state index in [4.69, 9.17) is 26.8 Å². The smallest absolute Gasteiger partial charge is 0.164 e. The van der Waals surface area contributed by atoms with Crippen LogP contribution in [0.2, 0.25) is 5.02 Å². The number of methoxy groups -OCH3 is 1. The third kappa shape index (κ3) is 4.03. The van der Waals surface area contributed by atoms with Gasteiger partial charge in [0.05, 0.1) is 13.7 Å². The molecule has 20 heavy (non-hydrogen) atoms. The van der Waals surface area contributed by atoms with E-state index in [1.165, 1.54) is 25.7 Å². The van der Waals surface area contributed by atoms with E-state index >= 15 is 0 Å². The second-order valence-electron chi connectivity index (χ2n) is 5.74. The van der Waals surface area contributed by atoms with Gasteiger partial charge in [0.15, 0.2) is 11.5 Å². The van der Waals surface area contributed by atoms with Crippen molar-refractivity contribution in [2.24, 2.45) is 11.7 Å². The molecule has 0 aromatic heterocycles. The van der Waals surface area contributed by atoms with Gasteiger partial charge in [0.25, 0.3) is 0 Å². The first-order valence-corrected chi connectivity index (χ1v) is 7.72. The van der Waals surface area contributed by atoms with Crippen molar-refractivity contribution in [3.63, 3.8) is 0 Å². The molecule has 2 rings (SSSR count). The third-order valence-electron chi connectivity index (χ3n) is 3.80. The molecule has 1 fully saturated rings. The molecule has 0 saturated heterocycles. The van der Waals surface area contributed by atoms with E-state index in [9.17, 15) is 0 Å². The molecule has 0 aliphatic heterocycles. The monoisotopic (exact) mass is 297 g/mol. The molecule has 3 nitrogen and oxygen atoms in total. The van der Waals surface area contributed by atoms with Crippen molar-refractivity contribution in [2.45, 2.75) is 45.1 Å². The average Bonchev–Trinajstić information content (AvgIpc) is 2.89. The van der Waals surface area contributed by atoms with E-state index in [2.05, 4.69) is 0 Å². The highest BCUT2D eigenvalue weighted by Crippen LogP contribution is 2.36. The maximum atomic E-state index is 6.14. The summed E-state index contributed by atoms with van der Waals surface area (Å²) in [7, 11) is 1.64. The number of halogens is 1. The van der Waals surface area contributed by atoms with Gasteiger partial charge in [-0.25, -0.2) is 0 Å². The Kier molecular flexibility index (Phi) is 5.55. The lowest BCUT2D eigenvalue weighted by atomic mass is 10.1. The maximum Gasteiger partial charge on any atom is 0.164 e. The largest absolute Gasteiger partial charge is 0.493 e. The van der Waals surface area contributed by atoms with Crippen LogP contribution >= 0.6 is 11.6 Å². The molecule has 4 heteroatoms. The zero-order valence-electron chi connectivity index (χ0n) is 12.3. The molecule has 0 bridgehead atoms. The van der Waals surface area contributed by atoms with Gasteiger partial charge in [0, 0.05) is 22.7 Å². The Balaban J connectivity index is 2.17. The molecule has 1 aromatic carbocycles. The summed E-state index contributed by atoms with van der Waals surface area (Å²) in [6.07, 6.45) is 5.89. The second kappa shape index (κ2) is 7.19. The van der Waals surface area contributed by atoms with Gasteiger partial charge in [-0.15, -0.1) is 0 Å². The first-order valence-electron chi connectivity index (χ1n) is 7.35. The van der Waals surface area contributed by atoms with Gasteiger partial charge < -0.3 is 15.2 Å². The highest BCUT2D eigenvalue weighted by molar-refractivity contribution is 6.30. The van der Waals surface area contributed by atoms with E-state index in [0.717, 1.165) is 24.3 Å². The van der Waals surface area contributed by atoms with Crippen molar-refractivity contribution in [2.75, 3.05) is 13.7 Å². The number of ether oxygens (including phenoxy) is 2. The van der Waals surface area contributed by atoms with Crippen LogP contribution in [0.5, 0.6) is 11.5 Å². The Bertz CT molecular complexity index is 442. The van der Waals surface area contributed by atoms with Crippen LogP contribution in [0.1, 0.15) is 38.2 Å². The summed E-state index contributed by atoms with van der Waals surface area (Å²) in [6.45, 7) is 2.73. The SMILES string of the molecule is COc1cc(Cl)cc(CC(C)N)c1OCC1CCCC1. The first-order chi connectivity index (χ1) is 9.60. The fourth-order valence-electron chi connectivity index (χ4n) is 2.81. The van der Waals surface area contributed by atoms with E-state index in [1.807, 2.05) is 13.0 Å². The van der Waals surface area contributed by atoms with Gasteiger partial charge >= 0.3 is 0 Å². The van der Waals surface area contributed by atoms with Gasteiger partial charge in [-0.3, -0.25) is 0 Å². The fourth-order valence-corrected chi connectivity index (χ4v) is 3.05. The maximum absolute atomic E-state index is 6.14. The van der Waals surface area contributed by atoms with Crippen molar-refractivity contribution in [1.82, 2.24) is 0 Å². The Labute approximate surface area is 126 Å². The van der Waals surface area contributed by atoms with Crippen LogP contribution in [0, 0.1) is 5.92 Å². The molecule has 1 saturated carbocycles. The molecular formula is C16H24ClNO2. The topological polar surface area (TPSA) is 44.5 Å². The standard InChI is InChI=1S/C16H24ClNO2/c1-11(18)7-13-8-14(17)9-15(19-2)16(13)20-10-12-5-3-4-6-12/h8-9,11-12H,3-7,10,18H2,1-2H3. The first kappa shape index (κ1) is 15.5. The highest BCUT2D eigenvalue weighted by Gasteiger charge is 2.19. The number of hydrogen-bond donors (Lipinski definition) is 1. The minimum Gasteiger partial charge on any atom is -0.493 e. The normalized spacial score (nSPS) is 17.2. The number of nitrogens with two attached hydrogens (primary N) is 1. The molecule has 2 N–H and O–H groups in total. The van der Waals surface area contributed by atoms with Crippen LogP contribution in [0.3, 0.4) is 0 Å². The predicted octanol–water partition coefficient (Wildman–Crippen LogP) is 3.81. The molecule has 1 aliphatic rings. The van der Waals surface area contributed by atoms with Gasteiger partial charge in [-0.05, 0) is 38.2 Å². The van der Waals surface area contributed by atoms with Gasteiger partial charge in [0.2, 0.25) is 0 Å². The molecule has 112 valence electrons. The molecule has 0 heterocycles.